The summed E-state index contributed by atoms with van der Waals surface area (Å²) in [7, 11) is 1.67. The van der Waals surface area contributed by atoms with E-state index in [1.807, 2.05) is 41.3 Å². The highest BCUT2D eigenvalue weighted by atomic mass is 32.1. The first-order valence-electron chi connectivity index (χ1n) is 10.1. The molecule has 1 heterocycles. The zero-order chi connectivity index (χ0) is 20.8. The normalized spacial score (nSPS) is 14.8. The summed E-state index contributed by atoms with van der Waals surface area (Å²) in [5.41, 5.74) is 2.95. The molecular formula is C23H29N3O2S. The summed E-state index contributed by atoms with van der Waals surface area (Å²) >= 11 is 5.59. The minimum Gasteiger partial charge on any atom is -0.497 e. The van der Waals surface area contributed by atoms with Gasteiger partial charge in [-0.1, -0.05) is 32.0 Å². The lowest BCUT2D eigenvalue weighted by Gasteiger charge is -2.24. The third-order valence-corrected chi connectivity index (χ3v) is 5.24. The van der Waals surface area contributed by atoms with E-state index in [1.165, 1.54) is 5.56 Å². The summed E-state index contributed by atoms with van der Waals surface area (Å²) in [6.45, 7) is 5.18. The number of carbonyl (C=O) groups is 1. The monoisotopic (exact) mass is 411 g/mol. The number of hydrogen-bond donors (Lipinski definition) is 2. The van der Waals surface area contributed by atoms with E-state index < -0.39 is 0 Å². The molecule has 1 amide bonds. The fraction of sp³-hybridized carbons (Fsp3) is 0.391. The highest BCUT2D eigenvalue weighted by molar-refractivity contribution is 7.80. The minimum atomic E-state index is 0.101. The lowest BCUT2D eigenvalue weighted by molar-refractivity contribution is -0.117. The number of rotatable bonds is 7. The van der Waals surface area contributed by atoms with Crippen molar-refractivity contribution < 1.29 is 9.53 Å². The Bertz CT molecular complexity index is 851. The van der Waals surface area contributed by atoms with Gasteiger partial charge in [0.25, 0.3) is 0 Å². The van der Waals surface area contributed by atoms with Gasteiger partial charge in [-0.2, -0.15) is 0 Å². The van der Waals surface area contributed by atoms with Gasteiger partial charge in [-0.25, -0.2) is 0 Å². The fourth-order valence-electron chi connectivity index (χ4n) is 3.58. The Balaban J connectivity index is 1.68. The van der Waals surface area contributed by atoms with E-state index in [0.717, 1.165) is 36.5 Å². The third-order valence-electron chi connectivity index (χ3n) is 5.02. The van der Waals surface area contributed by atoms with Crippen molar-refractivity contribution in [2.45, 2.75) is 39.2 Å². The van der Waals surface area contributed by atoms with Crippen molar-refractivity contribution in [2.75, 3.05) is 23.9 Å². The van der Waals surface area contributed by atoms with E-state index in [-0.39, 0.29) is 11.9 Å². The number of amides is 1. The second-order valence-corrected chi connectivity index (χ2v) is 8.16. The molecule has 0 saturated carbocycles. The molecule has 1 aliphatic rings. The number of carbonyl (C=O) groups excluding carboxylic acids is 1. The van der Waals surface area contributed by atoms with Gasteiger partial charge in [0.05, 0.1) is 13.2 Å². The molecule has 29 heavy (non-hydrogen) atoms. The second kappa shape index (κ2) is 9.74. The van der Waals surface area contributed by atoms with Crippen LogP contribution in [0.15, 0.2) is 48.5 Å². The van der Waals surface area contributed by atoms with Crippen LogP contribution in [0.2, 0.25) is 0 Å². The highest BCUT2D eigenvalue weighted by Crippen LogP contribution is 2.26. The van der Waals surface area contributed by atoms with E-state index >= 15 is 0 Å². The number of nitrogens with zero attached hydrogens (tertiary/aromatic N) is 1. The molecule has 0 unspecified atom stereocenters. The van der Waals surface area contributed by atoms with Gasteiger partial charge < -0.3 is 20.3 Å². The van der Waals surface area contributed by atoms with Crippen LogP contribution < -0.4 is 20.3 Å². The molecule has 1 fully saturated rings. The van der Waals surface area contributed by atoms with Gasteiger partial charge in [0.2, 0.25) is 5.91 Å². The van der Waals surface area contributed by atoms with Gasteiger partial charge >= 0.3 is 0 Å². The summed E-state index contributed by atoms with van der Waals surface area (Å²) in [6.07, 6.45) is 2.49. The Morgan fingerprint density at radius 3 is 2.59 bits per heavy atom. The maximum Gasteiger partial charge on any atom is 0.227 e. The second-order valence-electron chi connectivity index (χ2n) is 7.75. The lowest BCUT2D eigenvalue weighted by Crippen LogP contribution is -2.33. The smallest absolute Gasteiger partial charge is 0.227 e. The number of hydrogen-bond acceptors (Lipinski definition) is 3. The predicted molar refractivity (Wildman–Crippen MR) is 123 cm³/mol. The maximum absolute atomic E-state index is 12.0. The van der Waals surface area contributed by atoms with Crippen molar-refractivity contribution in [3.63, 3.8) is 0 Å². The lowest BCUT2D eigenvalue weighted by atomic mass is 9.97. The van der Waals surface area contributed by atoms with Crippen LogP contribution in [0.5, 0.6) is 5.75 Å². The Hall–Kier alpha value is -2.60. The molecule has 0 bridgehead atoms. The van der Waals surface area contributed by atoms with Gasteiger partial charge in [-0.15, -0.1) is 0 Å². The van der Waals surface area contributed by atoms with Crippen LogP contribution in [0.25, 0.3) is 0 Å². The van der Waals surface area contributed by atoms with E-state index in [2.05, 4.69) is 36.6 Å². The van der Waals surface area contributed by atoms with Crippen LogP contribution >= 0.6 is 12.2 Å². The molecule has 5 nitrogen and oxygen atoms in total. The summed E-state index contributed by atoms with van der Waals surface area (Å²) in [5.74, 6) is 1.53. The molecule has 6 heteroatoms. The fourth-order valence-corrected chi connectivity index (χ4v) is 3.84. The molecule has 3 rings (SSSR count). The van der Waals surface area contributed by atoms with Crippen molar-refractivity contribution in [1.29, 1.82) is 0 Å². The Labute approximate surface area is 178 Å². The van der Waals surface area contributed by atoms with E-state index in [1.54, 1.807) is 7.11 Å². The average molecular weight is 412 g/mol. The molecule has 1 saturated heterocycles. The van der Waals surface area contributed by atoms with Crippen molar-refractivity contribution in [3.05, 3.63) is 54.1 Å². The van der Waals surface area contributed by atoms with Gasteiger partial charge in [0.1, 0.15) is 5.75 Å². The van der Waals surface area contributed by atoms with Gasteiger partial charge in [-0.3, -0.25) is 4.79 Å². The van der Waals surface area contributed by atoms with Gasteiger partial charge in [0.15, 0.2) is 5.11 Å². The molecule has 0 aliphatic carbocycles. The Morgan fingerprint density at radius 1 is 1.21 bits per heavy atom. The number of ether oxygens (including phenoxy) is 1. The topological polar surface area (TPSA) is 53.6 Å². The van der Waals surface area contributed by atoms with Crippen LogP contribution in [0, 0.1) is 5.92 Å². The average Bonchev–Trinajstić information content (AvgIpc) is 3.13. The number of thiocarbonyl (C=S) groups is 1. The number of methoxy groups -OCH3 is 1. The highest BCUT2D eigenvalue weighted by Gasteiger charge is 2.22. The molecule has 1 atom stereocenters. The van der Waals surface area contributed by atoms with Crippen molar-refractivity contribution in [2.24, 2.45) is 5.92 Å². The van der Waals surface area contributed by atoms with Crippen LogP contribution in [0.1, 0.15) is 44.7 Å². The summed E-state index contributed by atoms with van der Waals surface area (Å²) in [5, 5.41) is 7.29. The first-order chi connectivity index (χ1) is 14.0. The first-order valence-corrected chi connectivity index (χ1v) is 10.5. The van der Waals surface area contributed by atoms with Crippen molar-refractivity contribution >= 4 is 34.6 Å². The van der Waals surface area contributed by atoms with Crippen LogP contribution in [0.4, 0.5) is 11.4 Å². The molecule has 2 aromatic carbocycles. The van der Waals surface area contributed by atoms with Crippen molar-refractivity contribution in [1.82, 2.24) is 5.32 Å². The molecule has 2 N–H and O–H groups in total. The third kappa shape index (κ3) is 5.70. The molecule has 154 valence electrons. The van der Waals surface area contributed by atoms with Crippen LogP contribution in [0.3, 0.4) is 0 Å². The summed E-state index contributed by atoms with van der Waals surface area (Å²) in [6, 6.07) is 16.0. The van der Waals surface area contributed by atoms with Crippen LogP contribution in [-0.2, 0) is 4.79 Å². The first kappa shape index (κ1) is 21.1. The predicted octanol–water partition coefficient (Wildman–Crippen LogP) is 4.90. The quantitative estimate of drug-likeness (QED) is 0.635. The number of nitrogens with one attached hydrogen (secondary N) is 2. The van der Waals surface area contributed by atoms with E-state index in [0.29, 0.717) is 17.5 Å². The molecule has 0 radical (unpaired) electrons. The molecular weight excluding hydrogens is 382 g/mol. The van der Waals surface area contributed by atoms with Crippen LogP contribution in [-0.4, -0.2) is 24.7 Å². The van der Waals surface area contributed by atoms with E-state index in [9.17, 15) is 4.79 Å². The van der Waals surface area contributed by atoms with E-state index in [4.69, 9.17) is 17.0 Å². The largest absolute Gasteiger partial charge is 0.497 e. The zero-order valence-corrected chi connectivity index (χ0v) is 18.1. The summed E-state index contributed by atoms with van der Waals surface area (Å²) < 4.78 is 5.26. The minimum absolute atomic E-state index is 0.101. The zero-order valence-electron chi connectivity index (χ0n) is 17.3. The number of benzene rings is 2. The standard InChI is InChI=1S/C23H29N3O2S/c1-16(2)14-21(17-9-11-20(28-3)12-10-17)25-23(29)24-18-6-4-7-19(15-18)26-13-5-8-22(26)27/h4,6-7,9-12,15-16,21H,5,8,13-14H2,1-3H3,(H2,24,25,29)/t21-/m0/s1. The molecule has 2 aromatic rings. The van der Waals surface area contributed by atoms with Crippen molar-refractivity contribution in [3.8, 4) is 5.75 Å². The maximum atomic E-state index is 12.0. The Morgan fingerprint density at radius 2 is 1.97 bits per heavy atom. The van der Waals surface area contributed by atoms with Gasteiger partial charge in [-0.05, 0) is 66.9 Å². The number of anilines is 2. The molecule has 1 aliphatic heterocycles. The molecule has 0 aromatic heterocycles. The summed E-state index contributed by atoms with van der Waals surface area (Å²) in [4.78, 5) is 13.9. The Kier molecular flexibility index (Phi) is 7.09. The molecule has 0 spiro atoms. The SMILES string of the molecule is COc1ccc([C@H](CC(C)C)NC(=S)Nc2cccc(N3CCCC3=O)c2)cc1. The van der Waals surface area contributed by atoms with Gasteiger partial charge in [0, 0.05) is 24.3 Å².